The van der Waals surface area contributed by atoms with Crippen molar-refractivity contribution in [2.75, 3.05) is 12.9 Å². The minimum Gasteiger partial charge on any atom is -0.465 e. The lowest BCUT2D eigenvalue weighted by Gasteiger charge is -2.17. The van der Waals surface area contributed by atoms with Gasteiger partial charge in [-0.15, -0.1) is 11.8 Å². The van der Waals surface area contributed by atoms with Gasteiger partial charge >= 0.3 is 11.9 Å². The summed E-state index contributed by atoms with van der Waals surface area (Å²) < 4.78 is 10.0. The van der Waals surface area contributed by atoms with E-state index >= 15 is 0 Å². The van der Waals surface area contributed by atoms with Gasteiger partial charge in [0.05, 0.1) is 23.7 Å². The van der Waals surface area contributed by atoms with Crippen molar-refractivity contribution in [3.8, 4) is 5.75 Å². The molecule has 0 heterocycles. The molecule has 142 valence electrons. The molecule has 4 nitrogen and oxygen atoms in total. The van der Waals surface area contributed by atoms with Crippen molar-refractivity contribution < 1.29 is 19.1 Å². The molecule has 0 saturated heterocycles. The summed E-state index contributed by atoms with van der Waals surface area (Å²) in [5.41, 5.74) is 2.67. The van der Waals surface area contributed by atoms with E-state index < -0.39 is 5.97 Å². The minimum absolute atomic E-state index is 0.0386. The Hall–Kier alpha value is -3.05. The molecular weight excluding hydrogens is 372 g/mol. The fourth-order valence-corrected chi connectivity index (χ4v) is 3.79. The highest BCUT2D eigenvalue weighted by atomic mass is 32.2. The number of carbonyl (C=O) groups excluding carboxylic acids is 2. The van der Waals surface area contributed by atoms with Gasteiger partial charge in [0.2, 0.25) is 0 Å². The molecule has 0 aliphatic carbocycles. The van der Waals surface area contributed by atoms with Crippen LogP contribution in [0, 0.1) is 0 Å². The van der Waals surface area contributed by atoms with Crippen LogP contribution in [0.3, 0.4) is 0 Å². The average molecular weight is 392 g/mol. The van der Waals surface area contributed by atoms with E-state index in [1.165, 1.54) is 18.9 Å². The molecule has 0 N–H and O–H groups in total. The number of ether oxygens (including phenoxy) is 2. The zero-order valence-corrected chi connectivity index (χ0v) is 16.2. The molecule has 0 radical (unpaired) electrons. The van der Waals surface area contributed by atoms with Crippen molar-refractivity contribution >= 4 is 23.7 Å². The molecule has 28 heavy (non-hydrogen) atoms. The Morgan fingerprint density at radius 1 is 0.821 bits per heavy atom. The summed E-state index contributed by atoms with van der Waals surface area (Å²) in [6, 6.07) is 26.5. The second-order valence-corrected chi connectivity index (χ2v) is 7.10. The normalized spacial score (nSPS) is 10.5. The largest absolute Gasteiger partial charge is 0.465 e. The number of rotatable bonds is 7. The van der Waals surface area contributed by atoms with Crippen LogP contribution in [0.1, 0.15) is 26.7 Å². The van der Waals surface area contributed by atoms with Crippen molar-refractivity contribution in [2.24, 2.45) is 0 Å². The minimum atomic E-state index is -0.429. The second kappa shape index (κ2) is 9.76. The van der Waals surface area contributed by atoms with Gasteiger partial charge < -0.3 is 9.47 Å². The van der Waals surface area contributed by atoms with Crippen LogP contribution < -0.4 is 4.74 Å². The van der Waals surface area contributed by atoms with Gasteiger partial charge in [0, 0.05) is 0 Å². The first-order valence-electron chi connectivity index (χ1n) is 8.78. The standard InChI is InChI=1S/C23H20O4S/c1-26-23(25)19-12-14-20(15-13-19)27-21(24)16-28-22(17-8-4-2-5-9-17)18-10-6-3-7-11-18/h2-15,22H,16H2,1H3. The summed E-state index contributed by atoms with van der Waals surface area (Å²) in [6.07, 6.45) is 0. The van der Waals surface area contributed by atoms with Gasteiger partial charge in [-0.2, -0.15) is 0 Å². The monoisotopic (exact) mass is 392 g/mol. The number of benzene rings is 3. The van der Waals surface area contributed by atoms with E-state index in [1.54, 1.807) is 24.3 Å². The number of esters is 2. The Kier molecular flexibility index (Phi) is 6.87. The summed E-state index contributed by atoms with van der Waals surface area (Å²) in [4.78, 5) is 23.8. The van der Waals surface area contributed by atoms with E-state index in [4.69, 9.17) is 4.74 Å². The van der Waals surface area contributed by atoms with E-state index in [-0.39, 0.29) is 17.0 Å². The van der Waals surface area contributed by atoms with Crippen molar-refractivity contribution in [3.05, 3.63) is 102 Å². The molecule has 0 saturated carbocycles. The summed E-state index contributed by atoms with van der Waals surface area (Å²) in [6.45, 7) is 0. The van der Waals surface area contributed by atoms with E-state index in [0.29, 0.717) is 11.3 Å². The van der Waals surface area contributed by atoms with Gasteiger partial charge in [-0.05, 0) is 35.4 Å². The molecule has 0 fully saturated rings. The smallest absolute Gasteiger partial charge is 0.337 e. The fraction of sp³-hybridized carbons (Fsp3) is 0.130. The van der Waals surface area contributed by atoms with Crippen LogP contribution in [0.5, 0.6) is 5.75 Å². The number of methoxy groups -OCH3 is 1. The number of hydrogen-bond donors (Lipinski definition) is 0. The average Bonchev–Trinajstić information content (AvgIpc) is 2.75. The summed E-state index contributed by atoms with van der Waals surface area (Å²) >= 11 is 1.52. The predicted octanol–water partition coefficient (Wildman–Crippen LogP) is 4.90. The van der Waals surface area contributed by atoms with Gasteiger partial charge in [0.25, 0.3) is 0 Å². The van der Waals surface area contributed by atoms with E-state index in [0.717, 1.165) is 11.1 Å². The lowest BCUT2D eigenvalue weighted by atomic mass is 10.0. The topological polar surface area (TPSA) is 52.6 Å². The maximum Gasteiger partial charge on any atom is 0.337 e. The van der Waals surface area contributed by atoms with E-state index in [1.807, 2.05) is 36.4 Å². The maximum atomic E-state index is 12.3. The van der Waals surface area contributed by atoms with E-state index in [9.17, 15) is 9.59 Å². The number of hydrogen-bond acceptors (Lipinski definition) is 5. The molecule has 0 amide bonds. The van der Waals surface area contributed by atoms with Crippen LogP contribution in [-0.4, -0.2) is 24.8 Å². The highest BCUT2D eigenvalue weighted by Crippen LogP contribution is 2.35. The fourth-order valence-electron chi connectivity index (χ4n) is 2.73. The van der Waals surface area contributed by atoms with Crippen LogP contribution >= 0.6 is 11.8 Å². The molecule has 0 atom stereocenters. The molecule has 0 aliphatic heterocycles. The first-order chi connectivity index (χ1) is 13.7. The lowest BCUT2D eigenvalue weighted by Crippen LogP contribution is -2.12. The van der Waals surface area contributed by atoms with Gasteiger partial charge in [0.15, 0.2) is 0 Å². The van der Waals surface area contributed by atoms with Crippen molar-refractivity contribution in [3.63, 3.8) is 0 Å². The van der Waals surface area contributed by atoms with Crippen molar-refractivity contribution in [1.82, 2.24) is 0 Å². The van der Waals surface area contributed by atoms with Crippen molar-refractivity contribution in [2.45, 2.75) is 5.25 Å². The van der Waals surface area contributed by atoms with Crippen LogP contribution in [0.25, 0.3) is 0 Å². The van der Waals surface area contributed by atoms with Crippen LogP contribution in [-0.2, 0) is 9.53 Å². The Morgan fingerprint density at radius 2 is 1.36 bits per heavy atom. The van der Waals surface area contributed by atoms with Gasteiger partial charge in [0.1, 0.15) is 5.75 Å². The second-order valence-electron chi connectivity index (χ2n) is 6.00. The Labute approximate surface area is 168 Å². The van der Waals surface area contributed by atoms with Crippen LogP contribution in [0.2, 0.25) is 0 Å². The molecule has 0 bridgehead atoms. The van der Waals surface area contributed by atoms with Gasteiger partial charge in [-0.3, -0.25) is 4.79 Å². The first kappa shape index (κ1) is 19.7. The van der Waals surface area contributed by atoms with Crippen LogP contribution in [0.4, 0.5) is 0 Å². The molecule has 3 aromatic rings. The zero-order chi connectivity index (χ0) is 19.8. The highest BCUT2D eigenvalue weighted by molar-refractivity contribution is 8.00. The molecule has 3 rings (SSSR count). The highest BCUT2D eigenvalue weighted by Gasteiger charge is 2.17. The molecule has 0 spiro atoms. The SMILES string of the molecule is COC(=O)c1ccc(OC(=O)CSC(c2ccccc2)c2ccccc2)cc1. The first-order valence-corrected chi connectivity index (χ1v) is 9.83. The lowest BCUT2D eigenvalue weighted by molar-refractivity contribution is -0.131. The van der Waals surface area contributed by atoms with Crippen LogP contribution in [0.15, 0.2) is 84.9 Å². The van der Waals surface area contributed by atoms with Crippen molar-refractivity contribution in [1.29, 1.82) is 0 Å². The van der Waals surface area contributed by atoms with Gasteiger partial charge in [-0.1, -0.05) is 60.7 Å². The molecule has 0 aromatic heterocycles. The number of carbonyl (C=O) groups is 2. The summed E-state index contributed by atoms with van der Waals surface area (Å²) in [5, 5.41) is 0.0386. The third-order valence-corrected chi connectivity index (χ3v) is 5.36. The quantitative estimate of drug-likeness (QED) is 0.423. The molecule has 5 heteroatoms. The molecule has 0 unspecified atom stereocenters. The molecule has 0 aliphatic rings. The zero-order valence-electron chi connectivity index (χ0n) is 15.4. The summed E-state index contributed by atoms with van der Waals surface area (Å²) in [7, 11) is 1.32. The molecular formula is C23H20O4S. The third-order valence-electron chi connectivity index (χ3n) is 4.08. The summed E-state index contributed by atoms with van der Waals surface area (Å²) in [5.74, 6) is -0.170. The third kappa shape index (κ3) is 5.24. The number of thioether (sulfide) groups is 1. The van der Waals surface area contributed by atoms with E-state index in [2.05, 4.69) is 29.0 Å². The Balaban J connectivity index is 1.65. The maximum absolute atomic E-state index is 12.3. The Morgan fingerprint density at radius 3 is 1.86 bits per heavy atom. The Bertz CT molecular complexity index is 869. The predicted molar refractivity (Wildman–Crippen MR) is 111 cm³/mol. The van der Waals surface area contributed by atoms with Gasteiger partial charge in [-0.25, -0.2) is 4.79 Å². The molecule has 3 aromatic carbocycles.